The Kier molecular flexibility index (Phi) is 2.55. The normalized spacial score (nSPS) is 10.9. The Labute approximate surface area is 88.1 Å². The molecule has 2 rings (SSSR count). The van der Waals surface area contributed by atoms with E-state index in [2.05, 4.69) is 9.98 Å². The molecule has 15 heavy (non-hydrogen) atoms. The first-order valence-corrected chi connectivity index (χ1v) is 4.81. The van der Waals surface area contributed by atoms with E-state index < -0.39 is 4.92 Å². The lowest BCUT2D eigenvalue weighted by molar-refractivity contribution is -0.402. The molecule has 0 aliphatic carbocycles. The zero-order chi connectivity index (χ0) is 10.7. The van der Waals surface area contributed by atoms with Gasteiger partial charge in [-0.05, 0) is 6.07 Å². The molecule has 6 nitrogen and oxygen atoms in total. The monoisotopic (exact) mass is 223 g/mol. The van der Waals surface area contributed by atoms with Crippen molar-refractivity contribution >= 4 is 28.6 Å². The first-order chi connectivity index (χ1) is 7.25. The van der Waals surface area contributed by atoms with E-state index in [0.29, 0.717) is 10.9 Å². The molecule has 0 spiro atoms. The Morgan fingerprint density at radius 2 is 2.47 bits per heavy atom. The minimum absolute atomic E-state index is 0.296. The molecule has 0 atom stereocenters. The molecule has 0 aliphatic heterocycles. The summed E-state index contributed by atoms with van der Waals surface area (Å²) < 4.78 is 4.87. The highest BCUT2D eigenvalue weighted by Gasteiger charge is 2.10. The summed E-state index contributed by atoms with van der Waals surface area (Å²) in [5.74, 6) is 0.0347. The molecule has 0 aromatic carbocycles. The number of nitrogens with zero attached hydrogens (tertiary/aromatic N) is 3. The van der Waals surface area contributed by atoms with E-state index in [1.54, 1.807) is 11.6 Å². The standard InChI is InChI=1S/C8H5N3O3S/c12-11(13)7-2-1-6(14-7)5-10-8-9-3-4-15-8/h1-5H/b10-5-. The third-order valence-corrected chi connectivity index (χ3v) is 2.19. The van der Waals surface area contributed by atoms with Crippen molar-refractivity contribution in [3.63, 3.8) is 0 Å². The van der Waals surface area contributed by atoms with E-state index in [9.17, 15) is 10.1 Å². The zero-order valence-corrected chi connectivity index (χ0v) is 8.18. The van der Waals surface area contributed by atoms with Gasteiger partial charge >= 0.3 is 5.88 Å². The van der Waals surface area contributed by atoms with Crippen LogP contribution in [0.3, 0.4) is 0 Å². The highest BCUT2D eigenvalue weighted by atomic mass is 32.1. The Hall–Kier alpha value is -2.02. The van der Waals surface area contributed by atoms with Crippen molar-refractivity contribution in [3.05, 3.63) is 39.6 Å². The topological polar surface area (TPSA) is 81.5 Å². The van der Waals surface area contributed by atoms with Gasteiger partial charge in [-0.15, -0.1) is 11.3 Å². The van der Waals surface area contributed by atoms with Gasteiger partial charge in [0.25, 0.3) is 0 Å². The second-order valence-electron chi connectivity index (χ2n) is 2.51. The molecule has 2 aromatic rings. The third-order valence-electron chi connectivity index (χ3n) is 1.51. The van der Waals surface area contributed by atoms with Crippen LogP contribution in [0.25, 0.3) is 0 Å². The quantitative estimate of drug-likeness (QED) is 0.454. The van der Waals surface area contributed by atoms with Crippen LogP contribution in [0.15, 0.2) is 33.1 Å². The van der Waals surface area contributed by atoms with Crippen molar-refractivity contribution < 1.29 is 9.34 Å². The van der Waals surface area contributed by atoms with Gasteiger partial charge in [0.1, 0.15) is 4.92 Å². The first-order valence-electron chi connectivity index (χ1n) is 3.93. The second-order valence-corrected chi connectivity index (χ2v) is 3.38. The summed E-state index contributed by atoms with van der Waals surface area (Å²) in [6.45, 7) is 0. The van der Waals surface area contributed by atoms with Crippen LogP contribution in [0.5, 0.6) is 0 Å². The molecule has 0 amide bonds. The van der Waals surface area contributed by atoms with E-state index >= 15 is 0 Å². The van der Waals surface area contributed by atoms with Crippen LogP contribution in [0.2, 0.25) is 0 Å². The van der Waals surface area contributed by atoms with Crippen LogP contribution in [0.4, 0.5) is 11.0 Å². The zero-order valence-electron chi connectivity index (χ0n) is 7.36. The molecule has 7 heteroatoms. The Balaban J connectivity index is 2.14. The molecule has 0 unspecified atom stereocenters. The minimum atomic E-state index is -0.596. The second kappa shape index (κ2) is 4.01. The van der Waals surface area contributed by atoms with Gasteiger partial charge in [-0.3, -0.25) is 10.1 Å². The molecule has 2 heterocycles. The van der Waals surface area contributed by atoms with E-state index in [0.717, 1.165) is 0 Å². The predicted molar refractivity (Wildman–Crippen MR) is 54.7 cm³/mol. The molecule has 0 fully saturated rings. The lowest BCUT2D eigenvalue weighted by Gasteiger charge is -1.83. The molecule has 0 saturated heterocycles. The van der Waals surface area contributed by atoms with Gasteiger partial charge in [-0.2, -0.15) is 0 Å². The molecule has 0 aliphatic rings. The molecule has 0 N–H and O–H groups in total. The van der Waals surface area contributed by atoms with Crippen LogP contribution < -0.4 is 0 Å². The number of rotatable bonds is 3. The molecule has 2 aromatic heterocycles. The van der Waals surface area contributed by atoms with Crippen molar-refractivity contribution in [2.75, 3.05) is 0 Å². The summed E-state index contributed by atoms with van der Waals surface area (Å²) >= 11 is 1.37. The number of nitro groups is 1. The van der Waals surface area contributed by atoms with Crippen molar-refractivity contribution in [1.29, 1.82) is 0 Å². The lowest BCUT2D eigenvalue weighted by Crippen LogP contribution is -1.83. The summed E-state index contributed by atoms with van der Waals surface area (Å²) in [7, 11) is 0. The van der Waals surface area contributed by atoms with Gasteiger partial charge in [-0.25, -0.2) is 9.98 Å². The molecular formula is C8H5N3O3S. The summed E-state index contributed by atoms with van der Waals surface area (Å²) in [5, 5.41) is 12.7. The Morgan fingerprint density at radius 3 is 3.07 bits per heavy atom. The fourth-order valence-electron chi connectivity index (χ4n) is 0.908. The van der Waals surface area contributed by atoms with Crippen LogP contribution >= 0.6 is 11.3 Å². The third kappa shape index (κ3) is 2.26. The van der Waals surface area contributed by atoms with Crippen molar-refractivity contribution in [2.24, 2.45) is 4.99 Å². The van der Waals surface area contributed by atoms with Crippen LogP contribution in [0.1, 0.15) is 5.76 Å². The van der Waals surface area contributed by atoms with Gasteiger partial charge < -0.3 is 4.42 Å². The van der Waals surface area contributed by atoms with Crippen molar-refractivity contribution in [1.82, 2.24) is 4.98 Å². The van der Waals surface area contributed by atoms with Crippen LogP contribution in [-0.4, -0.2) is 16.1 Å². The maximum atomic E-state index is 10.3. The summed E-state index contributed by atoms with van der Waals surface area (Å²) in [6.07, 6.45) is 3.02. The number of thiazole rings is 1. The lowest BCUT2D eigenvalue weighted by atomic mass is 10.5. The first kappa shape index (κ1) is 9.53. The number of hydrogen-bond donors (Lipinski definition) is 0. The molecular weight excluding hydrogens is 218 g/mol. The molecule has 0 radical (unpaired) electrons. The van der Waals surface area contributed by atoms with E-state index in [1.807, 2.05) is 0 Å². The Bertz CT molecular complexity index is 489. The summed E-state index contributed by atoms with van der Waals surface area (Å²) in [6, 6.07) is 2.76. The van der Waals surface area contributed by atoms with E-state index in [1.165, 1.54) is 29.7 Å². The average Bonchev–Trinajstić information content (AvgIpc) is 2.86. The maximum absolute atomic E-state index is 10.3. The summed E-state index contributed by atoms with van der Waals surface area (Å²) in [4.78, 5) is 17.6. The molecule has 76 valence electrons. The highest BCUT2D eigenvalue weighted by Crippen LogP contribution is 2.17. The number of aromatic nitrogens is 1. The fraction of sp³-hybridized carbons (Fsp3) is 0. The van der Waals surface area contributed by atoms with E-state index in [-0.39, 0.29) is 5.88 Å². The molecule has 0 saturated carbocycles. The number of furan rings is 1. The average molecular weight is 223 g/mol. The largest absolute Gasteiger partial charge is 0.433 e. The van der Waals surface area contributed by atoms with Gasteiger partial charge in [0, 0.05) is 11.6 Å². The van der Waals surface area contributed by atoms with Crippen LogP contribution in [0, 0.1) is 10.1 Å². The van der Waals surface area contributed by atoms with Crippen molar-refractivity contribution in [3.8, 4) is 0 Å². The van der Waals surface area contributed by atoms with Crippen molar-refractivity contribution in [2.45, 2.75) is 0 Å². The number of hydrogen-bond acceptors (Lipinski definition) is 6. The minimum Gasteiger partial charge on any atom is -0.400 e. The van der Waals surface area contributed by atoms with Gasteiger partial charge in [0.05, 0.1) is 12.3 Å². The number of aliphatic imine (C=N–C) groups is 1. The maximum Gasteiger partial charge on any atom is 0.433 e. The smallest absolute Gasteiger partial charge is 0.400 e. The summed E-state index contributed by atoms with van der Waals surface area (Å²) in [5.41, 5.74) is 0. The predicted octanol–water partition coefficient (Wildman–Crippen LogP) is 2.39. The van der Waals surface area contributed by atoms with Gasteiger partial charge in [0.2, 0.25) is 5.13 Å². The SMILES string of the molecule is O=[N+]([O-])c1ccc(/C=N\c2nccs2)o1. The van der Waals surface area contributed by atoms with Crippen LogP contribution in [-0.2, 0) is 0 Å². The fourth-order valence-corrected chi connectivity index (χ4v) is 1.39. The van der Waals surface area contributed by atoms with Gasteiger partial charge in [-0.1, -0.05) is 0 Å². The van der Waals surface area contributed by atoms with Gasteiger partial charge in [0.15, 0.2) is 5.76 Å². The van der Waals surface area contributed by atoms with E-state index in [4.69, 9.17) is 4.42 Å². The molecule has 0 bridgehead atoms. The Morgan fingerprint density at radius 1 is 1.60 bits per heavy atom. The highest BCUT2D eigenvalue weighted by molar-refractivity contribution is 7.13.